The number of benzene rings is 2. The quantitative estimate of drug-likeness (QED) is 0.242. The molecule has 0 aromatic heterocycles. The number of methoxy groups -OCH3 is 2. The van der Waals surface area contributed by atoms with Gasteiger partial charge < -0.3 is 20.1 Å². The Kier molecular flexibility index (Phi) is 6.87. The van der Waals surface area contributed by atoms with Gasteiger partial charge in [0.25, 0.3) is 0 Å². The van der Waals surface area contributed by atoms with Gasteiger partial charge in [-0.1, -0.05) is 0 Å². The van der Waals surface area contributed by atoms with E-state index in [4.69, 9.17) is 9.47 Å². The number of hydrogen-bond acceptors (Lipinski definition) is 6. The average molecular weight is 566 g/mol. The lowest BCUT2D eigenvalue weighted by molar-refractivity contribution is -0.158. The maximum Gasteiger partial charge on any atom is 0.364 e. The van der Waals surface area contributed by atoms with E-state index in [2.05, 4.69) is 55.8 Å². The molecule has 0 atom stereocenters. The smallest absolute Gasteiger partial charge is 0.364 e. The number of hydrogen-bond donors (Lipinski definition) is 2. The van der Waals surface area contributed by atoms with Gasteiger partial charge in [-0.2, -0.15) is 0 Å². The largest absolute Gasteiger partial charge is 0.465 e. The van der Waals surface area contributed by atoms with Gasteiger partial charge in [0.05, 0.1) is 14.2 Å². The fourth-order valence-corrected chi connectivity index (χ4v) is 2.84. The van der Waals surface area contributed by atoms with E-state index >= 15 is 0 Å². The molecule has 2 N–H and O–H groups in total. The summed E-state index contributed by atoms with van der Waals surface area (Å²) < 4.78 is 11.8. The summed E-state index contributed by atoms with van der Waals surface area (Å²) in [6.45, 7) is 0. The molecule has 0 unspecified atom stereocenters. The maximum absolute atomic E-state index is 12.5. The standard InChI is InChI=1S/C17H16I2N2O4/c1-24-15(22)17(16(23)25-2,20-13-7-3-11(18)4-8-13)21-14-9-5-12(19)6-10-14/h3-10,20-21H,1-2H3. The summed E-state index contributed by atoms with van der Waals surface area (Å²) in [5, 5.41) is 5.84. The molecule has 8 heteroatoms. The minimum Gasteiger partial charge on any atom is -0.465 e. The summed E-state index contributed by atoms with van der Waals surface area (Å²) in [5.41, 5.74) is -0.785. The van der Waals surface area contributed by atoms with Crippen molar-refractivity contribution >= 4 is 68.5 Å². The number of carbonyl (C=O) groups is 2. The number of nitrogens with one attached hydrogen (secondary N) is 2. The van der Waals surface area contributed by atoms with E-state index in [1.807, 2.05) is 24.3 Å². The second-order valence-corrected chi connectivity index (χ2v) is 7.49. The molecule has 0 spiro atoms. The molecule has 0 amide bonds. The molecule has 0 radical (unpaired) electrons. The van der Waals surface area contributed by atoms with Gasteiger partial charge in [0, 0.05) is 18.5 Å². The van der Waals surface area contributed by atoms with Gasteiger partial charge in [-0.3, -0.25) is 0 Å². The van der Waals surface area contributed by atoms with Crippen LogP contribution in [0.15, 0.2) is 48.5 Å². The Bertz CT molecular complexity index is 683. The van der Waals surface area contributed by atoms with Gasteiger partial charge in [0.1, 0.15) is 0 Å². The van der Waals surface area contributed by atoms with E-state index in [0.717, 1.165) is 7.14 Å². The minimum absolute atomic E-state index is 0.564. The molecule has 0 bridgehead atoms. The first-order valence-corrected chi connectivity index (χ1v) is 9.31. The normalized spacial score (nSPS) is 10.7. The molecule has 0 aliphatic rings. The third-order valence-corrected chi connectivity index (χ3v) is 4.77. The van der Waals surface area contributed by atoms with E-state index in [9.17, 15) is 9.59 Å². The van der Waals surface area contributed by atoms with E-state index in [-0.39, 0.29) is 0 Å². The number of anilines is 2. The van der Waals surface area contributed by atoms with E-state index in [0.29, 0.717) is 11.4 Å². The number of carbonyl (C=O) groups excluding carboxylic acids is 2. The second kappa shape index (κ2) is 8.70. The highest BCUT2D eigenvalue weighted by molar-refractivity contribution is 14.1. The van der Waals surface area contributed by atoms with Crippen molar-refractivity contribution in [1.29, 1.82) is 0 Å². The van der Waals surface area contributed by atoms with Gasteiger partial charge >= 0.3 is 17.6 Å². The summed E-state index contributed by atoms with van der Waals surface area (Å²) in [5.74, 6) is -1.62. The first-order chi connectivity index (χ1) is 11.9. The lowest BCUT2D eigenvalue weighted by atomic mass is 10.1. The van der Waals surface area contributed by atoms with Crippen molar-refractivity contribution in [3.05, 3.63) is 55.7 Å². The Morgan fingerprint density at radius 2 is 1.08 bits per heavy atom. The Labute approximate surface area is 172 Å². The van der Waals surface area contributed by atoms with Crippen LogP contribution in [0.25, 0.3) is 0 Å². The van der Waals surface area contributed by atoms with Crippen molar-refractivity contribution in [2.24, 2.45) is 0 Å². The molecule has 2 rings (SSSR count). The van der Waals surface area contributed by atoms with Crippen LogP contribution < -0.4 is 10.6 Å². The summed E-state index contributed by atoms with van der Waals surface area (Å²) in [7, 11) is 2.43. The highest BCUT2D eigenvalue weighted by Gasteiger charge is 2.49. The molecule has 2 aromatic rings. The molecule has 0 aliphatic heterocycles. The van der Waals surface area contributed by atoms with Crippen molar-refractivity contribution in [1.82, 2.24) is 0 Å². The van der Waals surface area contributed by atoms with Crippen LogP contribution in [0.1, 0.15) is 0 Å². The topological polar surface area (TPSA) is 76.7 Å². The van der Waals surface area contributed by atoms with Crippen LogP contribution >= 0.6 is 45.2 Å². The molecule has 2 aromatic carbocycles. The fourth-order valence-electron chi connectivity index (χ4n) is 2.12. The van der Waals surface area contributed by atoms with Crippen LogP contribution in [0.3, 0.4) is 0 Å². The highest BCUT2D eigenvalue weighted by Crippen LogP contribution is 2.23. The Morgan fingerprint density at radius 1 is 0.760 bits per heavy atom. The van der Waals surface area contributed by atoms with Crippen LogP contribution in [-0.4, -0.2) is 31.8 Å². The molecular weight excluding hydrogens is 550 g/mol. The summed E-state index contributed by atoms with van der Waals surface area (Å²) in [6.07, 6.45) is 0. The molecule has 132 valence electrons. The Hall–Kier alpha value is -1.56. The van der Waals surface area contributed by atoms with E-state index < -0.39 is 17.6 Å². The molecule has 0 saturated heterocycles. The molecule has 25 heavy (non-hydrogen) atoms. The third kappa shape index (κ3) is 4.75. The average Bonchev–Trinajstić information content (AvgIpc) is 2.63. The van der Waals surface area contributed by atoms with Crippen molar-refractivity contribution in [3.63, 3.8) is 0 Å². The molecule has 6 nitrogen and oxygen atoms in total. The van der Waals surface area contributed by atoms with Gasteiger partial charge in [0.15, 0.2) is 0 Å². The lowest BCUT2D eigenvalue weighted by Crippen LogP contribution is -2.60. The zero-order valence-corrected chi connectivity index (χ0v) is 17.8. The van der Waals surface area contributed by atoms with Gasteiger partial charge in [-0.25, -0.2) is 9.59 Å². The van der Waals surface area contributed by atoms with Gasteiger partial charge in [-0.15, -0.1) is 0 Å². The van der Waals surface area contributed by atoms with Crippen LogP contribution in [0.2, 0.25) is 0 Å². The van der Waals surface area contributed by atoms with E-state index in [1.165, 1.54) is 14.2 Å². The second-order valence-electron chi connectivity index (χ2n) is 5.00. The molecule has 0 fully saturated rings. The van der Waals surface area contributed by atoms with E-state index in [1.54, 1.807) is 24.3 Å². The Balaban J connectivity index is 2.46. The first-order valence-electron chi connectivity index (χ1n) is 7.15. The van der Waals surface area contributed by atoms with Crippen molar-refractivity contribution < 1.29 is 19.1 Å². The summed E-state index contributed by atoms with van der Waals surface area (Å²) in [4.78, 5) is 25.1. The summed E-state index contributed by atoms with van der Waals surface area (Å²) >= 11 is 4.34. The fraction of sp³-hybridized carbons (Fsp3) is 0.176. The van der Waals surface area contributed by atoms with Gasteiger partial charge in [0.2, 0.25) is 0 Å². The van der Waals surface area contributed by atoms with Crippen LogP contribution in [0.4, 0.5) is 11.4 Å². The molecule has 0 aliphatic carbocycles. The number of esters is 2. The van der Waals surface area contributed by atoms with Gasteiger partial charge in [-0.05, 0) is 93.7 Å². The predicted octanol–water partition coefficient (Wildman–Crippen LogP) is 3.46. The van der Waals surface area contributed by atoms with Crippen molar-refractivity contribution in [3.8, 4) is 0 Å². The Morgan fingerprint density at radius 3 is 1.36 bits per heavy atom. The highest BCUT2D eigenvalue weighted by atomic mass is 127. The van der Waals surface area contributed by atoms with Crippen molar-refractivity contribution in [2.45, 2.75) is 5.66 Å². The minimum atomic E-state index is -1.91. The summed E-state index contributed by atoms with van der Waals surface area (Å²) in [6, 6.07) is 14.5. The zero-order valence-electron chi connectivity index (χ0n) is 13.5. The SMILES string of the molecule is COC(=O)C(Nc1ccc(I)cc1)(Nc1ccc(I)cc1)C(=O)OC. The monoisotopic (exact) mass is 566 g/mol. The molecule has 0 saturated carbocycles. The lowest BCUT2D eigenvalue weighted by Gasteiger charge is -2.31. The number of rotatable bonds is 6. The first kappa shape index (κ1) is 19.8. The number of halogens is 2. The molecule has 0 heterocycles. The number of ether oxygens (including phenoxy) is 2. The van der Waals surface area contributed by atoms with Crippen LogP contribution in [-0.2, 0) is 19.1 Å². The maximum atomic E-state index is 12.5. The zero-order chi connectivity index (χ0) is 18.4. The van der Waals surface area contributed by atoms with Crippen molar-refractivity contribution in [2.75, 3.05) is 24.9 Å². The van der Waals surface area contributed by atoms with Crippen LogP contribution in [0.5, 0.6) is 0 Å². The third-order valence-electron chi connectivity index (χ3n) is 3.34. The predicted molar refractivity (Wildman–Crippen MR) is 112 cm³/mol. The van der Waals surface area contributed by atoms with Crippen LogP contribution in [0, 0.1) is 7.14 Å². The molecular formula is C17H16I2N2O4.